The number of nitrogens with one attached hydrogen (secondary N) is 2. The van der Waals surface area contributed by atoms with Crippen LogP contribution in [0.4, 0.5) is 4.79 Å². The van der Waals surface area contributed by atoms with Gasteiger partial charge in [0.1, 0.15) is 0 Å². The van der Waals surface area contributed by atoms with Gasteiger partial charge in [0.2, 0.25) is 5.91 Å². The number of rotatable bonds is 7. The third kappa shape index (κ3) is 4.57. The van der Waals surface area contributed by atoms with Crippen LogP contribution in [0.25, 0.3) is 0 Å². The summed E-state index contributed by atoms with van der Waals surface area (Å²) in [4.78, 5) is 37.0. The van der Waals surface area contributed by atoms with E-state index in [-0.39, 0.29) is 30.8 Å². The Morgan fingerprint density at radius 1 is 1.29 bits per heavy atom. The molecule has 2 N–H and O–H groups in total. The number of carbonyl (C=O) groups is 3. The Kier molecular flexibility index (Phi) is 5.77. The highest BCUT2D eigenvalue weighted by atomic mass is 16.2. The van der Waals surface area contributed by atoms with Crippen LogP contribution < -0.4 is 10.6 Å². The quantitative estimate of drug-likeness (QED) is 0.710. The Morgan fingerprint density at radius 3 is 2.71 bits per heavy atom. The first-order chi connectivity index (χ1) is 13.3. The average Bonchev–Trinajstić information content (AvgIpc) is 3.14. The summed E-state index contributed by atoms with van der Waals surface area (Å²) in [5.41, 5.74) is 3.32. The molecular weight excluding hydrogens is 358 g/mol. The van der Waals surface area contributed by atoms with E-state index in [1.54, 1.807) is 24.3 Å². The minimum Gasteiger partial charge on any atom is -0.352 e. The highest BCUT2D eigenvalue weighted by Crippen LogP contribution is 2.12. The van der Waals surface area contributed by atoms with Crippen LogP contribution in [0.1, 0.15) is 34.2 Å². The predicted molar refractivity (Wildman–Crippen MR) is 104 cm³/mol. The van der Waals surface area contributed by atoms with Crippen molar-refractivity contribution in [1.29, 1.82) is 0 Å². The van der Waals surface area contributed by atoms with Gasteiger partial charge in [0.25, 0.3) is 5.91 Å². The first kappa shape index (κ1) is 19.6. The van der Waals surface area contributed by atoms with Crippen molar-refractivity contribution in [1.82, 2.24) is 25.3 Å². The van der Waals surface area contributed by atoms with Gasteiger partial charge in [-0.25, -0.2) is 4.79 Å². The fourth-order valence-corrected chi connectivity index (χ4v) is 3.20. The molecule has 1 aromatic carbocycles. The lowest BCUT2D eigenvalue weighted by molar-refractivity contribution is -0.125. The third-order valence-corrected chi connectivity index (χ3v) is 4.67. The van der Waals surface area contributed by atoms with Gasteiger partial charge < -0.3 is 10.6 Å². The second-order valence-electron chi connectivity index (χ2n) is 7.26. The summed E-state index contributed by atoms with van der Waals surface area (Å²) >= 11 is 0. The lowest BCUT2D eigenvalue weighted by Gasteiger charge is -2.15. The van der Waals surface area contributed by atoms with Gasteiger partial charge in [0.15, 0.2) is 0 Å². The van der Waals surface area contributed by atoms with Crippen LogP contribution in [-0.2, 0) is 17.9 Å². The molecule has 28 heavy (non-hydrogen) atoms. The zero-order chi connectivity index (χ0) is 20.3. The number of imide groups is 1. The van der Waals surface area contributed by atoms with Crippen LogP contribution in [0.3, 0.4) is 0 Å². The number of hydrogen-bond acceptors (Lipinski definition) is 4. The van der Waals surface area contributed by atoms with E-state index in [9.17, 15) is 14.4 Å². The van der Waals surface area contributed by atoms with Crippen LogP contribution in [0.2, 0.25) is 0 Å². The molecule has 2 aromatic rings. The maximum absolute atomic E-state index is 12.5. The second-order valence-corrected chi connectivity index (χ2v) is 7.26. The van der Waals surface area contributed by atoms with Gasteiger partial charge in [-0.05, 0) is 43.5 Å². The largest absolute Gasteiger partial charge is 0.352 e. The molecule has 8 nitrogen and oxygen atoms in total. The normalized spacial score (nSPS) is 14.9. The van der Waals surface area contributed by atoms with E-state index < -0.39 is 6.03 Å². The predicted octanol–water partition coefficient (Wildman–Crippen LogP) is 1.62. The number of amides is 4. The minimum absolute atomic E-state index is 0.0200. The number of aryl methyl sites for hydroxylation is 2. The smallest absolute Gasteiger partial charge is 0.324 e. The van der Waals surface area contributed by atoms with Crippen molar-refractivity contribution in [3.63, 3.8) is 0 Å². The number of urea groups is 1. The summed E-state index contributed by atoms with van der Waals surface area (Å²) in [7, 11) is 0. The molecule has 0 spiro atoms. The molecule has 2 heterocycles. The number of aromatic nitrogens is 2. The number of benzene rings is 1. The van der Waals surface area contributed by atoms with Crippen molar-refractivity contribution in [3.05, 3.63) is 52.8 Å². The molecule has 0 radical (unpaired) electrons. The van der Waals surface area contributed by atoms with Crippen molar-refractivity contribution in [2.75, 3.05) is 13.1 Å². The standard InChI is InChI=1S/C20H25N5O3/c1-13(11-25-15(3)7-14(2)23-25)9-21-19(27)17-6-4-5-16(8-17)12-24-18(26)10-22-20(24)28/h4-8,13H,9-12H2,1-3H3,(H,21,27)(H,22,28)/t13-/m0/s1. The van der Waals surface area contributed by atoms with E-state index in [0.717, 1.165) is 28.4 Å². The minimum atomic E-state index is -0.405. The molecule has 4 amide bonds. The van der Waals surface area contributed by atoms with Gasteiger partial charge in [-0.2, -0.15) is 5.10 Å². The number of hydrogen-bond donors (Lipinski definition) is 2. The molecule has 0 aliphatic carbocycles. The Bertz CT molecular complexity index is 889. The molecule has 1 aliphatic rings. The maximum atomic E-state index is 12.5. The van der Waals surface area contributed by atoms with Gasteiger partial charge in [-0.15, -0.1) is 0 Å². The van der Waals surface area contributed by atoms with Gasteiger partial charge in [-0.3, -0.25) is 19.2 Å². The molecule has 1 atom stereocenters. The Balaban J connectivity index is 1.56. The van der Waals surface area contributed by atoms with Crippen molar-refractivity contribution in [2.45, 2.75) is 33.9 Å². The van der Waals surface area contributed by atoms with Crippen LogP contribution >= 0.6 is 0 Å². The third-order valence-electron chi connectivity index (χ3n) is 4.67. The van der Waals surface area contributed by atoms with E-state index >= 15 is 0 Å². The fraction of sp³-hybridized carbons (Fsp3) is 0.400. The molecule has 1 aliphatic heterocycles. The Hall–Kier alpha value is -3.16. The van der Waals surface area contributed by atoms with Gasteiger partial charge in [-0.1, -0.05) is 19.1 Å². The summed E-state index contributed by atoms with van der Waals surface area (Å²) < 4.78 is 1.95. The zero-order valence-electron chi connectivity index (χ0n) is 16.4. The van der Waals surface area contributed by atoms with Crippen LogP contribution in [0.5, 0.6) is 0 Å². The SMILES string of the molecule is Cc1cc(C)n(C[C@@H](C)CNC(=O)c2cccc(CN3C(=O)CNC3=O)c2)n1. The van der Waals surface area contributed by atoms with Crippen molar-refractivity contribution in [3.8, 4) is 0 Å². The lowest BCUT2D eigenvalue weighted by Crippen LogP contribution is -2.31. The molecule has 0 unspecified atom stereocenters. The molecule has 0 saturated carbocycles. The molecule has 1 saturated heterocycles. The van der Waals surface area contributed by atoms with Gasteiger partial charge in [0.05, 0.1) is 18.8 Å². The van der Waals surface area contributed by atoms with E-state index in [4.69, 9.17) is 0 Å². The summed E-state index contributed by atoms with van der Waals surface area (Å²) in [5.74, 6) is -0.229. The molecule has 0 bridgehead atoms. The van der Waals surface area contributed by atoms with Gasteiger partial charge in [0, 0.05) is 24.3 Å². The lowest BCUT2D eigenvalue weighted by atomic mass is 10.1. The first-order valence-electron chi connectivity index (χ1n) is 9.30. The van der Waals surface area contributed by atoms with Crippen molar-refractivity contribution < 1.29 is 14.4 Å². The average molecular weight is 383 g/mol. The molecule has 1 aromatic heterocycles. The van der Waals surface area contributed by atoms with E-state index in [1.165, 1.54) is 0 Å². The number of nitrogens with zero attached hydrogens (tertiary/aromatic N) is 3. The van der Waals surface area contributed by atoms with Crippen LogP contribution in [0, 0.1) is 19.8 Å². The summed E-state index contributed by atoms with van der Waals surface area (Å²) in [6.45, 7) is 7.46. The Labute approximate surface area is 163 Å². The van der Waals surface area contributed by atoms with Crippen molar-refractivity contribution in [2.24, 2.45) is 5.92 Å². The second kappa shape index (κ2) is 8.24. The molecule has 148 valence electrons. The van der Waals surface area contributed by atoms with Crippen molar-refractivity contribution >= 4 is 17.8 Å². The maximum Gasteiger partial charge on any atom is 0.324 e. The van der Waals surface area contributed by atoms with E-state index in [1.807, 2.05) is 24.6 Å². The molecule has 3 rings (SSSR count). The Morgan fingerprint density at radius 2 is 2.07 bits per heavy atom. The zero-order valence-corrected chi connectivity index (χ0v) is 16.4. The highest BCUT2D eigenvalue weighted by Gasteiger charge is 2.28. The molecule has 1 fully saturated rings. The topological polar surface area (TPSA) is 96.3 Å². The van der Waals surface area contributed by atoms with Crippen LogP contribution in [-0.4, -0.2) is 45.6 Å². The summed E-state index contributed by atoms with van der Waals surface area (Å²) in [5, 5.41) is 9.88. The summed E-state index contributed by atoms with van der Waals surface area (Å²) in [6.07, 6.45) is 0. The molecule has 8 heteroatoms. The first-order valence-corrected chi connectivity index (χ1v) is 9.30. The van der Waals surface area contributed by atoms with Gasteiger partial charge >= 0.3 is 6.03 Å². The van der Waals surface area contributed by atoms with E-state index in [0.29, 0.717) is 12.1 Å². The summed E-state index contributed by atoms with van der Waals surface area (Å²) in [6, 6.07) is 8.60. The van der Waals surface area contributed by atoms with E-state index in [2.05, 4.69) is 22.7 Å². The van der Waals surface area contributed by atoms with Crippen LogP contribution in [0.15, 0.2) is 30.3 Å². The fourth-order valence-electron chi connectivity index (χ4n) is 3.20. The number of carbonyl (C=O) groups excluding carboxylic acids is 3. The highest BCUT2D eigenvalue weighted by molar-refractivity contribution is 6.02. The molecular formula is C20H25N5O3. The monoisotopic (exact) mass is 383 g/mol.